The number of ether oxygens (including phenoxy) is 1. The van der Waals surface area contributed by atoms with E-state index in [1.54, 1.807) is 17.0 Å². The highest BCUT2D eigenvalue weighted by Crippen LogP contribution is 2.41. The number of amides is 2. The number of rotatable bonds is 4. The Labute approximate surface area is 200 Å². The summed E-state index contributed by atoms with van der Waals surface area (Å²) < 4.78 is 70.7. The van der Waals surface area contributed by atoms with Crippen LogP contribution < -0.4 is 4.74 Å². The van der Waals surface area contributed by atoms with Gasteiger partial charge in [-0.2, -0.15) is 4.98 Å². The van der Waals surface area contributed by atoms with Crippen molar-refractivity contribution in [3.05, 3.63) is 41.5 Å². The van der Waals surface area contributed by atoms with Crippen LogP contribution in [0.1, 0.15) is 54.3 Å². The fourth-order valence-electron chi connectivity index (χ4n) is 4.64. The number of aromatic nitrogens is 2. The number of carbonyl (C=O) groups excluding carboxylic acids is 1. The number of nitrogens with zero attached hydrogens (tertiary/aromatic N) is 4. The summed E-state index contributed by atoms with van der Waals surface area (Å²) in [6, 6.07) is 5.37. The Morgan fingerprint density at radius 2 is 1.66 bits per heavy atom. The van der Waals surface area contributed by atoms with Gasteiger partial charge < -0.3 is 19.1 Å². The summed E-state index contributed by atoms with van der Waals surface area (Å²) in [4.78, 5) is 21.0. The Morgan fingerprint density at radius 1 is 1.00 bits per heavy atom. The van der Waals surface area contributed by atoms with Crippen molar-refractivity contribution in [3.63, 3.8) is 0 Å². The van der Waals surface area contributed by atoms with Gasteiger partial charge in [0.1, 0.15) is 5.75 Å². The highest BCUT2D eigenvalue weighted by atomic mass is 32.2. The van der Waals surface area contributed by atoms with Crippen LogP contribution in [0.5, 0.6) is 5.75 Å². The largest absolute Gasteiger partial charge is 0.573 e. The first-order chi connectivity index (χ1) is 16.6. The van der Waals surface area contributed by atoms with Crippen molar-refractivity contribution in [3.8, 4) is 5.75 Å². The summed E-state index contributed by atoms with van der Waals surface area (Å²) in [6.07, 6.45) is -2.17. The number of sulfone groups is 1. The smallest absolute Gasteiger partial charge is 0.406 e. The van der Waals surface area contributed by atoms with Crippen LogP contribution in [-0.2, 0) is 9.84 Å². The minimum Gasteiger partial charge on any atom is -0.406 e. The van der Waals surface area contributed by atoms with Gasteiger partial charge in [-0.25, -0.2) is 13.2 Å². The van der Waals surface area contributed by atoms with Crippen LogP contribution in [0.15, 0.2) is 28.8 Å². The second kappa shape index (κ2) is 8.99. The molecule has 2 saturated heterocycles. The number of urea groups is 1. The summed E-state index contributed by atoms with van der Waals surface area (Å²) >= 11 is 0. The Hall–Kier alpha value is -2.83. The molecule has 9 nitrogen and oxygen atoms in total. The van der Waals surface area contributed by atoms with Crippen molar-refractivity contribution < 1.29 is 35.6 Å². The number of hydrogen-bond donors (Lipinski definition) is 0. The van der Waals surface area contributed by atoms with E-state index in [-0.39, 0.29) is 48.2 Å². The van der Waals surface area contributed by atoms with E-state index >= 15 is 0 Å². The summed E-state index contributed by atoms with van der Waals surface area (Å²) in [5.74, 6) is 0.494. The van der Waals surface area contributed by atoms with E-state index in [1.165, 1.54) is 17.0 Å². The number of carbonyl (C=O) groups is 1. The second-order valence-electron chi connectivity index (χ2n) is 9.34. The fraction of sp³-hybridized carbons (Fsp3) is 0.591. The predicted octanol–water partition coefficient (Wildman–Crippen LogP) is 3.27. The molecule has 2 aliphatic heterocycles. The maximum Gasteiger partial charge on any atom is 0.573 e. The lowest BCUT2D eigenvalue weighted by Gasteiger charge is -2.40. The van der Waals surface area contributed by atoms with E-state index in [9.17, 15) is 26.4 Å². The molecular weight excluding hydrogens is 489 g/mol. The molecule has 2 atom stereocenters. The molecule has 13 heteroatoms. The van der Waals surface area contributed by atoms with Gasteiger partial charge in [-0.05, 0) is 37.0 Å². The molecule has 2 amide bonds. The molecule has 0 bridgehead atoms. The predicted molar refractivity (Wildman–Crippen MR) is 117 cm³/mol. The first-order valence-corrected chi connectivity index (χ1v) is 13.3. The molecule has 1 aromatic heterocycles. The maximum absolute atomic E-state index is 13.3. The molecule has 1 saturated carbocycles. The molecule has 2 unspecified atom stereocenters. The molecule has 3 heterocycles. The molecule has 0 spiro atoms. The summed E-state index contributed by atoms with van der Waals surface area (Å²) in [5, 5.41) is 4.08. The molecule has 3 aliphatic rings. The van der Waals surface area contributed by atoms with Crippen molar-refractivity contribution in [2.75, 3.05) is 37.7 Å². The normalized spacial score (nSPS) is 24.9. The maximum atomic E-state index is 13.3. The zero-order chi connectivity index (χ0) is 24.8. The minimum atomic E-state index is -4.78. The summed E-state index contributed by atoms with van der Waals surface area (Å²) in [5.41, 5.74) is 0.755. The van der Waals surface area contributed by atoms with Gasteiger partial charge >= 0.3 is 12.4 Å². The topological polar surface area (TPSA) is 106 Å². The Morgan fingerprint density at radius 3 is 2.29 bits per heavy atom. The number of benzene rings is 1. The zero-order valence-corrected chi connectivity index (χ0v) is 19.6. The van der Waals surface area contributed by atoms with Crippen LogP contribution >= 0.6 is 0 Å². The Balaban J connectivity index is 1.36. The van der Waals surface area contributed by atoms with Crippen molar-refractivity contribution in [2.45, 2.75) is 43.4 Å². The number of alkyl halides is 3. The highest BCUT2D eigenvalue weighted by Gasteiger charge is 2.38. The third kappa shape index (κ3) is 5.71. The molecule has 5 rings (SSSR count). The lowest BCUT2D eigenvalue weighted by atomic mass is 9.84. The zero-order valence-electron chi connectivity index (χ0n) is 18.8. The number of piperidine rings is 1. The van der Waals surface area contributed by atoms with E-state index in [2.05, 4.69) is 14.9 Å². The van der Waals surface area contributed by atoms with Gasteiger partial charge in [-0.1, -0.05) is 17.3 Å². The van der Waals surface area contributed by atoms with E-state index < -0.39 is 16.2 Å². The quantitative estimate of drug-likeness (QED) is 0.617. The van der Waals surface area contributed by atoms with Crippen molar-refractivity contribution >= 4 is 15.9 Å². The van der Waals surface area contributed by atoms with E-state index in [0.717, 1.165) is 18.4 Å². The van der Waals surface area contributed by atoms with Crippen molar-refractivity contribution in [1.29, 1.82) is 0 Å². The van der Waals surface area contributed by atoms with Gasteiger partial charge in [0, 0.05) is 38.0 Å². The van der Waals surface area contributed by atoms with Crippen LogP contribution in [0.25, 0.3) is 0 Å². The van der Waals surface area contributed by atoms with Gasteiger partial charge in [0.15, 0.2) is 15.7 Å². The number of hydrogen-bond acceptors (Lipinski definition) is 7. The van der Waals surface area contributed by atoms with Crippen LogP contribution in [0.2, 0.25) is 0 Å². The average Bonchev–Trinajstić information content (AvgIpc) is 3.54. The molecule has 0 radical (unpaired) electrons. The van der Waals surface area contributed by atoms with E-state index in [4.69, 9.17) is 4.52 Å². The van der Waals surface area contributed by atoms with E-state index in [0.29, 0.717) is 37.1 Å². The van der Waals surface area contributed by atoms with Crippen molar-refractivity contribution in [2.24, 2.45) is 0 Å². The molecule has 3 fully saturated rings. The van der Waals surface area contributed by atoms with Gasteiger partial charge in [-0.3, -0.25) is 0 Å². The molecule has 1 aromatic carbocycles. The fourth-order valence-corrected chi connectivity index (χ4v) is 5.84. The van der Waals surface area contributed by atoms with Crippen LogP contribution in [0.3, 0.4) is 0 Å². The highest BCUT2D eigenvalue weighted by molar-refractivity contribution is 7.91. The summed E-state index contributed by atoms with van der Waals surface area (Å²) in [7, 11) is -3.14. The molecule has 35 heavy (non-hydrogen) atoms. The molecule has 1 aliphatic carbocycles. The van der Waals surface area contributed by atoms with E-state index in [1.807, 2.05) is 0 Å². The Bertz CT molecular complexity index is 1170. The lowest BCUT2D eigenvalue weighted by molar-refractivity contribution is -0.274. The second-order valence-corrected chi connectivity index (χ2v) is 11.6. The Kier molecular flexibility index (Phi) is 6.14. The molecule has 190 valence electrons. The third-order valence-corrected chi connectivity index (χ3v) is 8.28. The number of halogens is 3. The van der Waals surface area contributed by atoms with Gasteiger partial charge in [0.05, 0.1) is 17.4 Å². The minimum absolute atomic E-state index is 0.0749. The first kappa shape index (κ1) is 23.9. The SMILES string of the molecule is O=C(N1CCS(=O)(=O)CC1)N1CC(c2ccc(OC(F)(F)F)cc2)CC(c2nc(C3CC3)no2)C1. The van der Waals surface area contributed by atoms with Crippen LogP contribution in [0, 0.1) is 0 Å². The molecule has 2 aromatic rings. The third-order valence-electron chi connectivity index (χ3n) is 6.67. The van der Waals surface area contributed by atoms with Crippen molar-refractivity contribution in [1.82, 2.24) is 19.9 Å². The number of likely N-dealkylation sites (tertiary alicyclic amines) is 1. The van der Waals surface area contributed by atoms with Gasteiger partial charge in [0.25, 0.3) is 0 Å². The van der Waals surface area contributed by atoms with Crippen LogP contribution in [0.4, 0.5) is 18.0 Å². The van der Waals surface area contributed by atoms with Crippen LogP contribution in [-0.4, -0.2) is 78.4 Å². The average molecular weight is 515 g/mol. The summed E-state index contributed by atoms with van der Waals surface area (Å²) in [6.45, 7) is 0.924. The van der Waals surface area contributed by atoms with Gasteiger partial charge in [-0.15, -0.1) is 13.2 Å². The lowest BCUT2D eigenvalue weighted by Crippen LogP contribution is -2.53. The molecular formula is C22H25F3N4O5S. The van der Waals surface area contributed by atoms with Gasteiger partial charge in [0.2, 0.25) is 5.89 Å². The standard InChI is InChI=1S/C22H25F3N4O5S/c23-22(24,25)33-18-5-3-14(4-6-18)16-11-17(20-26-19(27-34-20)15-1-2-15)13-29(12-16)21(30)28-7-9-35(31,32)10-8-28/h3-6,15-17H,1-2,7-13H2. The molecule has 0 N–H and O–H groups in total. The monoisotopic (exact) mass is 514 g/mol. The first-order valence-electron chi connectivity index (χ1n) is 11.5.